The van der Waals surface area contributed by atoms with Gasteiger partial charge in [-0.25, -0.2) is 12.8 Å². The van der Waals surface area contributed by atoms with Crippen molar-refractivity contribution in [3.8, 4) is 0 Å². The summed E-state index contributed by atoms with van der Waals surface area (Å²) in [5, 5.41) is 0. The number of unbranched alkanes of at least 4 members (excludes halogenated alkanes) is 17. The zero-order valence-corrected chi connectivity index (χ0v) is 16.3. The largest absolute Gasteiger partial charge is 1.00 e. The maximum Gasteiger partial charge on any atom is 1.00 e. The fourth-order valence-electron chi connectivity index (χ4n) is 2.77. The van der Waals surface area contributed by atoms with Crippen molar-refractivity contribution in [3.63, 3.8) is 0 Å². The topological polar surface area (TPSA) is 0 Å². The van der Waals surface area contributed by atoms with Crippen LogP contribution in [0.25, 0.3) is 0 Å². The molecule has 2 heteroatoms. The van der Waals surface area contributed by atoms with Crippen LogP contribution in [0.3, 0.4) is 0 Å². The molecule has 0 aliphatic rings. The van der Waals surface area contributed by atoms with E-state index in [-0.39, 0.29) is 37.7 Å². The first kappa shape index (κ1) is 28.0. The van der Waals surface area contributed by atoms with Gasteiger partial charge in [0.1, 0.15) is 0 Å². The molecule has 0 aromatic carbocycles. The normalized spacial score (nSPS) is 10.1. The molecule has 0 saturated heterocycles. The maximum atomic E-state index is 3.86. The minimum Gasteiger partial charge on any atom is -0.346 e. The molecular formula is C20H40Li2. The molecule has 0 spiro atoms. The third-order valence-corrected chi connectivity index (χ3v) is 4.17. The van der Waals surface area contributed by atoms with Crippen LogP contribution in [0.15, 0.2) is 0 Å². The second-order valence-electron chi connectivity index (χ2n) is 6.32. The maximum absolute atomic E-state index is 3.86. The van der Waals surface area contributed by atoms with Crippen LogP contribution in [0.1, 0.15) is 116 Å². The van der Waals surface area contributed by atoms with Gasteiger partial charge in [-0.15, -0.1) is 0 Å². The van der Waals surface area contributed by atoms with Crippen molar-refractivity contribution in [1.82, 2.24) is 0 Å². The summed E-state index contributed by atoms with van der Waals surface area (Å²) in [5.74, 6) is 0. The van der Waals surface area contributed by atoms with E-state index in [4.69, 9.17) is 0 Å². The van der Waals surface area contributed by atoms with Crippen molar-refractivity contribution in [2.24, 2.45) is 0 Å². The van der Waals surface area contributed by atoms with Gasteiger partial charge in [0.25, 0.3) is 0 Å². The summed E-state index contributed by atoms with van der Waals surface area (Å²) < 4.78 is 0. The zero-order chi connectivity index (χ0) is 14.7. The van der Waals surface area contributed by atoms with Gasteiger partial charge in [0.2, 0.25) is 0 Å². The van der Waals surface area contributed by atoms with Crippen LogP contribution in [-0.4, -0.2) is 0 Å². The van der Waals surface area contributed by atoms with Crippen LogP contribution in [0.5, 0.6) is 0 Å². The minimum atomic E-state index is 0. The van der Waals surface area contributed by atoms with Gasteiger partial charge in [-0.05, 0) is 0 Å². The summed E-state index contributed by atoms with van der Waals surface area (Å²) in [6.07, 6.45) is 26.3. The average molecular weight is 294 g/mol. The van der Waals surface area contributed by atoms with Crippen molar-refractivity contribution in [2.45, 2.75) is 116 Å². The Morgan fingerprint density at radius 1 is 0.545 bits per heavy atom. The Morgan fingerprint density at radius 3 is 1.27 bits per heavy atom. The van der Waals surface area contributed by atoms with E-state index in [1.54, 1.807) is 0 Å². The third-order valence-electron chi connectivity index (χ3n) is 4.17. The molecule has 0 rings (SSSR count). The molecular weight excluding hydrogens is 254 g/mol. The molecule has 0 radical (unpaired) electrons. The van der Waals surface area contributed by atoms with Crippen LogP contribution >= 0.6 is 0 Å². The molecule has 0 atom stereocenters. The minimum absolute atomic E-state index is 0. The number of rotatable bonds is 17. The summed E-state index contributed by atoms with van der Waals surface area (Å²) in [6, 6.07) is 0. The SMILES string of the molecule is [CH2-]CC[CH-]CCCCCCCCCCCCCCCC.[Li+].[Li+]. The summed E-state index contributed by atoms with van der Waals surface area (Å²) in [7, 11) is 0. The monoisotopic (exact) mass is 294 g/mol. The predicted molar refractivity (Wildman–Crippen MR) is 93.8 cm³/mol. The molecule has 0 bridgehead atoms. The molecule has 0 unspecified atom stereocenters. The summed E-state index contributed by atoms with van der Waals surface area (Å²) >= 11 is 0. The summed E-state index contributed by atoms with van der Waals surface area (Å²) in [6.45, 7) is 6.15. The van der Waals surface area contributed by atoms with E-state index in [2.05, 4.69) is 20.3 Å². The Labute approximate surface area is 166 Å². The molecule has 0 aromatic heterocycles. The first-order valence-electron chi connectivity index (χ1n) is 9.52. The third kappa shape index (κ3) is 26.1. The van der Waals surface area contributed by atoms with Crippen molar-refractivity contribution >= 4 is 0 Å². The predicted octanol–water partition coefficient (Wildman–Crippen LogP) is 1.68. The van der Waals surface area contributed by atoms with Crippen LogP contribution in [0.4, 0.5) is 0 Å². The molecule has 0 aliphatic heterocycles. The van der Waals surface area contributed by atoms with Gasteiger partial charge < -0.3 is 13.3 Å². The molecule has 0 N–H and O–H groups in total. The quantitative estimate of drug-likeness (QED) is 0.218. The first-order valence-corrected chi connectivity index (χ1v) is 9.52. The standard InChI is InChI=1S/C20H40.2Li/c1-3-5-7-9-11-13-15-17-19-20-18-16-14-12-10-8-6-4-2;;/h7H,1,3-6,8-20H2,2H3;;/q-2;2*+1. The van der Waals surface area contributed by atoms with Gasteiger partial charge in [0.05, 0.1) is 0 Å². The second kappa shape index (κ2) is 27.1. The van der Waals surface area contributed by atoms with Gasteiger partial charge in [0, 0.05) is 0 Å². The fourth-order valence-corrected chi connectivity index (χ4v) is 2.77. The first-order chi connectivity index (χ1) is 9.91. The second-order valence-corrected chi connectivity index (χ2v) is 6.32. The Morgan fingerprint density at radius 2 is 0.909 bits per heavy atom. The van der Waals surface area contributed by atoms with Crippen LogP contribution in [0.2, 0.25) is 0 Å². The van der Waals surface area contributed by atoms with Crippen molar-refractivity contribution in [2.75, 3.05) is 0 Å². The van der Waals surface area contributed by atoms with E-state index in [0.717, 1.165) is 6.42 Å². The summed E-state index contributed by atoms with van der Waals surface area (Å²) in [4.78, 5) is 0. The van der Waals surface area contributed by atoms with Gasteiger partial charge >= 0.3 is 37.7 Å². The van der Waals surface area contributed by atoms with Crippen molar-refractivity contribution in [1.29, 1.82) is 0 Å². The molecule has 0 nitrogen and oxygen atoms in total. The van der Waals surface area contributed by atoms with Gasteiger partial charge in [-0.1, -0.05) is 96.8 Å². The van der Waals surface area contributed by atoms with Crippen molar-refractivity contribution in [3.05, 3.63) is 13.3 Å². The van der Waals surface area contributed by atoms with E-state index < -0.39 is 0 Å². The van der Waals surface area contributed by atoms with E-state index in [1.807, 2.05) is 0 Å². The zero-order valence-electron chi connectivity index (χ0n) is 16.3. The smallest absolute Gasteiger partial charge is 0.346 e. The van der Waals surface area contributed by atoms with Crippen LogP contribution in [0, 0.1) is 13.3 Å². The van der Waals surface area contributed by atoms with Crippen LogP contribution in [-0.2, 0) is 0 Å². The molecule has 0 saturated carbocycles. The van der Waals surface area contributed by atoms with E-state index >= 15 is 0 Å². The van der Waals surface area contributed by atoms with E-state index in [0.29, 0.717) is 0 Å². The molecule has 122 valence electrons. The average Bonchev–Trinajstić information content (AvgIpc) is 2.47. The number of hydrogen-bond donors (Lipinski definition) is 0. The Balaban J connectivity index is -0.00000180. The van der Waals surface area contributed by atoms with E-state index in [1.165, 1.54) is 103 Å². The molecule has 22 heavy (non-hydrogen) atoms. The Kier molecular flexibility index (Phi) is 34.5. The van der Waals surface area contributed by atoms with Gasteiger partial charge in [0.15, 0.2) is 0 Å². The molecule has 0 aromatic rings. The van der Waals surface area contributed by atoms with Crippen molar-refractivity contribution < 1.29 is 37.7 Å². The Hall–Kier alpha value is 1.19. The molecule has 0 fully saturated rings. The van der Waals surface area contributed by atoms with Gasteiger partial charge in [-0.2, -0.15) is 6.42 Å². The summed E-state index contributed by atoms with van der Waals surface area (Å²) in [5.41, 5.74) is 0. The molecule has 0 heterocycles. The molecule has 0 amide bonds. The van der Waals surface area contributed by atoms with E-state index in [9.17, 15) is 0 Å². The van der Waals surface area contributed by atoms with Gasteiger partial charge in [-0.3, -0.25) is 0 Å². The van der Waals surface area contributed by atoms with Crippen LogP contribution < -0.4 is 37.7 Å². The fraction of sp³-hybridized carbons (Fsp3) is 0.900. The Bertz CT molecular complexity index is 142. The molecule has 0 aliphatic carbocycles. The number of hydrogen-bond acceptors (Lipinski definition) is 0.